The summed E-state index contributed by atoms with van der Waals surface area (Å²) >= 11 is 5.96. The molecule has 5 heteroatoms. The molecule has 1 aliphatic rings. The second-order valence-corrected chi connectivity index (χ2v) is 6.04. The third-order valence-electron chi connectivity index (χ3n) is 3.50. The largest absolute Gasteiger partial charge is 0.364 e. The molecule has 0 bridgehead atoms. The number of ether oxygens (including phenoxy) is 1. The van der Waals surface area contributed by atoms with Crippen LogP contribution in [0.15, 0.2) is 18.2 Å². The smallest absolute Gasteiger partial charge is 0.279 e. The Morgan fingerprint density at radius 2 is 2.05 bits per heavy atom. The Kier molecular flexibility index (Phi) is 5.02. The molecule has 0 aromatic heterocycles. The summed E-state index contributed by atoms with van der Waals surface area (Å²) < 4.78 is 5.68. The van der Waals surface area contributed by atoms with Gasteiger partial charge >= 0.3 is 0 Å². The number of nitrogens with one attached hydrogen (secondary N) is 2. The van der Waals surface area contributed by atoms with Crippen molar-refractivity contribution in [2.45, 2.75) is 33.0 Å². The number of morpholine rings is 1. The van der Waals surface area contributed by atoms with Crippen LogP contribution in [-0.2, 0) is 9.53 Å². The number of carbonyl (C=O) groups excluding carboxylic acids is 1. The van der Waals surface area contributed by atoms with E-state index in [1.54, 1.807) is 6.07 Å². The summed E-state index contributed by atoms with van der Waals surface area (Å²) in [4.78, 5) is 13.4. The van der Waals surface area contributed by atoms with Crippen molar-refractivity contribution in [2.75, 3.05) is 25.0 Å². The summed E-state index contributed by atoms with van der Waals surface area (Å²) in [7, 11) is 0. The monoisotopic (exact) mass is 297 g/mol. The van der Waals surface area contributed by atoms with E-state index in [0.29, 0.717) is 11.6 Å². The van der Waals surface area contributed by atoms with Crippen LogP contribution in [0.2, 0.25) is 5.02 Å². The topological polar surface area (TPSA) is 42.8 Å². The van der Waals surface area contributed by atoms with Crippen LogP contribution in [0.3, 0.4) is 0 Å². The van der Waals surface area contributed by atoms with Crippen LogP contribution in [-0.4, -0.2) is 37.7 Å². The highest BCUT2D eigenvalue weighted by atomic mass is 35.5. The lowest BCUT2D eigenvalue weighted by molar-refractivity contribution is -0.907. The zero-order valence-electron chi connectivity index (χ0n) is 12.2. The van der Waals surface area contributed by atoms with E-state index in [0.717, 1.165) is 24.3 Å². The summed E-state index contributed by atoms with van der Waals surface area (Å²) in [5.41, 5.74) is 1.80. The minimum Gasteiger partial charge on any atom is -0.364 e. The molecule has 0 spiro atoms. The first-order valence-electron chi connectivity index (χ1n) is 6.99. The molecule has 110 valence electrons. The second-order valence-electron chi connectivity index (χ2n) is 5.60. The molecule has 1 heterocycles. The normalized spacial score (nSPS) is 26.3. The van der Waals surface area contributed by atoms with Crippen molar-refractivity contribution in [3.63, 3.8) is 0 Å². The molecule has 0 aliphatic carbocycles. The highest BCUT2D eigenvalue weighted by Gasteiger charge is 2.27. The van der Waals surface area contributed by atoms with E-state index < -0.39 is 0 Å². The van der Waals surface area contributed by atoms with Gasteiger partial charge in [0.05, 0.1) is 0 Å². The van der Waals surface area contributed by atoms with Gasteiger partial charge in [-0.3, -0.25) is 4.79 Å². The van der Waals surface area contributed by atoms with E-state index in [4.69, 9.17) is 16.3 Å². The molecule has 0 unspecified atom stereocenters. The van der Waals surface area contributed by atoms with Crippen molar-refractivity contribution < 1.29 is 14.4 Å². The van der Waals surface area contributed by atoms with Crippen molar-refractivity contribution in [3.8, 4) is 0 Å². The zero-order chi connectivity index (χ0) is 14.7. The van der Waals surface area contributed by atoms with Crippen molar-refractivity contribution >= 4 is 23.2 Å². The average Bonchev–Trinajstić information content (AvgIpc) is 2.32. The highest BCUT2D eigenvalue weighted by molar-refractivity contribution is 6.31. The van der Waals surface area contributed by atoms with E-state index in [1.165, 1.54) is 4.90 Å². The molecule has 1 fully saturated rings. The van der Waals surface area contributed by atoms with E-state index in [1.807, 2.05) is 19.1 Å². The molecule has 2 rings (SSSR count). The van der Waals surface area contributed by atoms with Gasteiger partial charge in [0.25, 0.3) is 5.91 Å². The Morgan fingerprint density at radius 1 is 1.40 bits per heavy atom. The molecular formula is C15H22ClN2O2+. The number of rotatable bonds is 3. The van der Waals surface area contributed by atoms with Crippen LogP contribution in [0, 0.1) is 6.92 Å². The van der Waals surface area contributed by atoms with Crippen molar-refractivity contribution in [2.24, 2.45) is 0 Å². The summed E-state index contributed by atoms with van der Waals surface area (Å²) in [6.07, 6.45) is 0.406. The lowest BCUT2D eigenvalue weighted by Crippen LogP contribution is -3.16. The van der Waals surface area contributed by atoms with Crippen LogP contribution in [0.25, 0.3) is 0 Å². The van der Waals surface area contributed by atoms with E-state index in [9.17, 15) is 4.79 Å². The maximum absolute atomic E-state index is 12.1. The third-order valence-corrected chi connectivity index (χ3v) is 3.74. The second kappa shape index (κ2) is 6.57. The molecule has 1 aromatic rings. The van der Waals surface area contributed by atoms with Crippen molar-refractivity contribution in [3.05, 3.63) is 28.8 Å². The number of carbonyl (C=O) groups is 1. The molecule has 1 amide bonds. The van der Waals surface area contributed by atoms with Gasteiger partial charge in [-0.1, -0.05) is 17.7 Å². The number of hydrogen-bond donors (Lipinski definition) is 2. The number of benzene rings is 1. The Hall–Kier alpha value is -1.10. The number of amides is 1. The van der Waals surface area contributed by atoms with Gasteiger partial charge in [0.15, 0.2) is 6.54 Å². The van der Waals surface area contributed by atoms with Gasteiger partial charge in [0.2, 0.25) is 0 Å². The first kappa shape index (κ1) is 15.3. The Labute approximate surface area is 125 Å². The van der Waals surface area contributed by atoms with Crippen molar-refractivity contribution in [1.82, 2.24) is 0 Å². The van der Waals surface area contributed by atoms with Crippen LogP contribution >= 0.6 is 11.6 Å². The lowest BCUT2D eigenvalue weighted by Gasteiger charge is -2.31. The van der Waals surface area contributed by atoms with Gasteiger partial charge in [0, 0.05) is 10.7 Å². The Morgan fingerprint density at radius 3 is 2.70 bits per heavy atom. The molecule has 1 saturated heterocycles. The molecule has 2 N–H and O–H groups in total. The van der Waals surface area contributed by atoms with Gasteiger partial charge in [-0.2, -0.15) is 0 Å². The Bertz CT molecular complexity index is 483. The van der Waals surface area contributed by atoms with Crippen LogP contribution in [0.1, 0.15) is 19.4 Å². The summed E-state index contributed by atoms with van der Waals surface area (Å²) in [5, 5.41) is 3.57. The van der Waals surface area contributed by atoms with E-state index in [2.05, 4.69) is 19.2 Å². The van der Waals surface area contributed by atoms with Gasteiger partial charge in [-0.25, -0.2) is 0 Å². The number of quaternary nitrogens is 1. The summed E-state index contributed by atoms with van der Waals surface area (Å²) in [5.74, 6) is 0.0201. The standard InChI is InChI=1S/C15H21ClN2O2/c1-10-4-5-13(16)6-14(10)17-15(19)9-18-7-11(2)20-12(3)8-18/h4-6,11-12H,7-9H2,1-3H3,(H,17,19)/p+1/t11-,12-/m0/s1. The number of halogens is 1. The van der Waals surface area contributed by atoms with Gasteiger partial charge < -0.3 is 15.0 Å². The number of aryl methyl sites for hydroxylation is 1. The average molecular weight is 298 g/mol. The minimum absolute atomic E-state index is 0.0201. The molecule has 0 saturated carbocycles. The van der Waals surface area contributed by atoms with Crippen LogP contribution in [0.5, 0.6) is 0 Å². The lowest BCUT2D eigenvalue weighted by atomic mass is 10.2. The summed E-state index contributed by atoms with van der Waals surface area (Å²) in [6, 6.07) is 5.52. The van der Waals surface area contributed by atoms with E-state index >= 15 is 0 Å². The first-order valence-corrected chi connectivity index (χ1v) is 7.37. The fourth-order valence-corrected chi connectivity index (χ4v) is 2.86. The first-order chi connectivity index (χ1) is 9.44. The Balaban J connectivity index is 1.93. The molecule has 1 aromatic carbocycles. The number of hydrogen-bond acceptors (Lipinski definition) is 2. The maximum atomic E-state index is 12.1. The minimum atomic E-state index is 0.0201. The van der Waals surface area contributed by atoms with Crippen molar-refractivity contribution in [1.29, 1.82) is 0 Å². The van der Waals surface area contributed by atoms with E-state index in [-0.39, 0.29) is 18.1 Å². The fraction of sp³-hybridized carbons (Fsp3) is 0.533. The maximum Gasteiger partial charge on any atom is 0.279 e. The van der Waals surface area contributed by atoms with Gasteiger partial charge in [0.1, 0.15) is 25.3 Å². The predicted molar refractivity (Wildman–Crippen MR) is 80.4 cm³/mol. The van der Waals surface area contributed by atoms with Gasteiger partial charge in [-0.05, 0) is 38.5 Å². The van der Waals surface area contributed by atoms with Crippen LogP contribution in [0.4, 0.5) is 5.69 Å². The van der Waals surface area contributed by atoms with Crippen LogP contribution < -0.4 is 10.2 Å². The third kappa shape index (κ3) is 4.20. The molecule has 1 aliphatic heterocycles. The predicted octanol–water partition coefficient (Wildman–Crippen LogP) is 1.28. The molecule has 4 nitrogen and oxygen atoms in total. The SMILES string of the molecule is Cc1ccc(Cl)cc1NC(=O)C[NH+]1C[C@H](C)O[C@@H](C)C1. The summed E-state index contributed by atoms with van der Waals surface area (Å²) in [6.45, 7) is 8.25. The molecule has 0 radical (unpaired) electrons. The quantitative estimate of drug-likeness (QED) is 0.883. The highest BCUT2D eigenvalue weighted by Crippen LogP contribution is 2.19. The molecular weight excluding hydrogens is 276 g/mol. The molecule has 20 heavy (non-hydrogen) atoms. The fourth-order valence-electron chi connectivity index (χ4n) is 2.68. The van der Waals surface area contributed by atoms with Gasteiger partial charge in [-0.15, -0.1) is 0 Å². The molecule has 2 atom stereocenters. The number of anilines is 1. The zero-order valence-corrected chi connectivity index (χ0v) is 13.0.